The molecule has 8 nitrogen and oxygen atoms in total. The molecular formula is C19H27N7O. The van der Waals surface area contributed by atoms with E-state index in [4.69, 9.17) is 0 Å². The lowest BCUT2D eigenvalue weighted by Gasteiger charge is -2.35. The Kier molecular flexibility index (Phi) is 6.54. The number of hydrogen-bond acceptors (Lipinski definition) is 7. The normalized spacial score (nSPS) is 14.5. The quantitative estimate of drug-likeness (QED) is 0.726. The molecule has 0 saturated carbocycles. The number of rotatable bonds is 7. The van der Waals surface area contributed by atoms with Crippen molar-refractivity contribution in [3.8, 4) is 0 Å². The van der Waals surface area contributed by atoms with E-state index in [1.165, 1.54) is 0 Å². The fraction of sp³-hybridized carbons (Fsp3) is 0.474. The van der Waals surface area contributed by atoms with Crippen LogP contribution < -0.4 is 15.1 Å². The molecule has 0 bridgehead atoms. The molecule has 0 unspecified atom stereocenters. The van der Waals surface area contributed by atoms with Crippen molar-refractivity contribution < 1.29 is 4.79 Å². The Bertz CT molecular complexity index is 730. The van der Waals surface area contributed by atoms with Gasteiger partial charge >= 0.3 is 0 Å². The number of amides is 1. The Morgan fingerprint density at radius 1 is 1.07 bits per heavy atom. The van der Waals surface area contributed by atoms with E-state index in [0.29, 0.717) is 18.2 Å². The van der Waals surface area contributed by atoms with E-state index in [2.05, 4.69) is 35.0 Å². The molecular weight excluding hydrogens is 342 g/mol. The average Bonchev–Trinajstić information content (AvgIpc) is 2.72. The van der Waals surface area contributed by atoms with Gasteiger partial charge in [0.1, 0.15) is 11.5 Å². The standard InChI is InChI=1S/C19H27N7O/c1-24(2)11-5-9-21-18(27)16-7-10-22-19(23-16)26-14-12-25(13-15-26)17-6-3-4-8-20-17/h3-4,6-8,10H,5,9,11-15H2,1-2H3,(H,21,27). The second-order valence-electron chi connectivity index (χ2n) is 6.82. The Balaban J connectivity index is 1.54. The first-order chi connectivity index (χ1) is 13.1. The zero-order valence-electron chi connectivity index (χ0n) is 16.0. The summed E-state index contributed by atoms with van der Waals surface area (Å²) in [5.74, 6) is 1.45. The predicted molar refractivity (Wildman–Crippen MR) is 106 cm³/mol. The van der Waals surface area contributed by atoms with E-state index in [1.807, 2.05) is 38.5 Å². The van der Waals surface area contributed by atoms with Gasteiger partial charge in [0.15, 0.2) is 0 Å². The Hall–Kier alpha value is -2.74. The van der Waals surface area contributed by atoms with Gasteiger partial charge in [-0.2, -0.15) is 0 Å². The number of nitrogens with zero attached hydrogens (tertiary/aromatic N) is 6. The van der Waals surface area contributed by atoms with Crippen LogP contribution in [0.5, 0.6) is 0 Å². The number of anilines is 2. The molecule has 1 fully saturated rings. The van der Waals surface area contributed by atoms with Crippen molar-refractivity contribution in [3.05, 3.63) is 42.4 Å². The van der Waals surface area contributed by atoms with Gasteiger partial charge in [0.25, 0.3) is 5.91 Å². The van der Waals surface area contributed by atoms with E-state index in [0.717, 1.165) is 45.0 Å². The number of nitrogens with one attached hydrogen (secondary N) is 1. The van der Waals surface area contributed by atoms with Gasteiger partial charge < -0.3 is 20.0 Å². The molecule has 2 aromatic heterocycles. The average molecular weight is 369 g/mol. The summed E-state index contributed by atoms with van der Waals surface area (Å²) in [4.78, 5) is 32.0. The van der Waals surface area contributed by atoms with Gasteiger partial charge in [0, 0.05) is 45.1 Å². The topological polar surface area (TPSA) is 77.5 Å². The number of carbonyl (C=O) groups is 1. The van der Waals surface area contributed by atoms with Crippen LogP contribution in [0.25, 0.3) is 0 Å². The number of aromatic nitrogens is 3. The van der Waals surface area contributed by atoms with Crippen molar-refractivity contribution in [3.63, 3.8) is 0 Å². The molecule has 2 aromatic rings. The highest BCUT2D eigenvalue weighted by molar-refractivity contribution is 5.92. The smallest absolute Gasteiger partial charge is 0.270 e. The van der Waals surface area contributed by atoms with Crippen molar-refractivity contribution in [1.82, 2.24) is 25.2 Å². The highest BCUT2D eigenvalue weighted by Crippen LogP contribution is 2.16. The Morgan fingerprint density at radius 3 is 2.56 bits per heavy atom. The van der Waals surface area contributed by atoms with Gasteiger partial charge in [0.05, 0.1) is 0 Å². The van der Waals surface area contributed by atoms with Crippen LogP contribution >= 0.6 is 0 Å². The summed E-state index contributed by atoms with van der Waals surface area (Å²) in [7, 11) is 4.04. The number of piperazine rings is 1. The maximum atomic E-state index is 12.3. The maximum Gasteiger partial charge on any atom is 0.270 e. The minimum absolute atomic E-state index is 0.149. The molecule has 1 amide bonds. The summed E-state index contributed by atoms with van der Waals surface area (Å²) in [6.07, 6.45) is 4.37. The minimum atomic E-state index is -0.149. The van der Waals surface area contributed by atoms with Crippen molar-refractivity contribution in [2.24, 2.45) is 0 Å². The molecule has 3 rings (SSSR count). The summed E-state index contributed by atoms with van der Waals surface area (Å²) < 4.78 is 0. The largest absolute Gasteiger partial charge is 0.353 e. The zero-order chi connectivity index (χ0) is 19.1. The van der Waals surface area contributed by atoms with Crippen LogP contribution in [0.4, 0.5) is 11.8 Å². The fourth-order valence-corrected chi connectivity index (χ4v) is 2.99. The Labute approximate surface area is 160 Å². The molecule has 27 heavy (non-hydrogen) atoms. The molecule has 3 heterocycles. The van der Waals surface area contributed by atoms with E-state index in [-0.39, 0.29) is 5.91 Å². The number of carbonyl (C=O) groups excluding carboxylic acids is 1. The van der Waals surface area contributed by atoms with Gasteiger partial charge in [-0.25, -0.2) is 15.0 Å². The Morgan fingerprint density at radius 2 is 1.85 bits per heavy atom. The molecule has 1 aliphatic heterocycles. The third-order valence-corrected chi connectivity index (χ3v) is 4.48. The SMILES string of the molecule is CN(C)CCCNC(=O)c1ccnc(N2CCN(c3ccccn3)CC2)n1. The lowest BCUT2D eigenvalue weighted by Crippen LogP contribution is -2.47. The fourth-order valence-electron chi connectivity index (χ4n) is 2.99. The third kappa shape index (κ3) is 5.37. The second-order valence-corrected chi connectivity index (χ2v) is 6.82. The lowest BCUT2D eigenvalue weighted by molar-refractivity contribution is 0.0947. The van der Waals surface area contributed by atoms with Gasteiger partial charge in [-0.15, -0.1) is 0 Å². The molecule has 0 radical (unpaired) electrons. The van der Waals surface area contributed by atoms with E-state index < -0.39 is 0 Å². The van der Waals surface area contributed by atoms with Crippen LogP contribution in [0.15, 0.2) is 36.7 Å². The summed E-state index contributed by atoms with van der Waals surface area (Å²) in [6, 6.07) is 7.60. The molecule has 1 saturated heterocycles. The molecule has 0 aliphatic carbocycles. The van der Waals surface area contributed by atoms with Crippen LogP contribution in [-0.2, 0) is 0 Å². The predicted octanol–water partition coefficient (Wildman–Crippen LogP) is 0.880. The molecule has 144 valence electrons. The van der Waals surface area contributed by atoms with Gasteiger partial charge in [-0.3, -0.25) is 4.79 Å². The maximum absolute atomic E-state index is 12.3. The molecule has 1 aliphatic rings. The summed E-state index contributed by atoms with van der Waals surface area (Å²) in [5.41, 5.74) is 0.414. The summed E-state index contributed by atoms with van der Waals surface area (Å²) in [5, 5.41) is 2.92. The van der Waals surface area contributed by atoms with Crippen LogP contribution in [0.3, 0.4) is 0 Å². The van der Waals surface area contributed by atoms with Crippen molar-refractivity contribution in [1.29, 1.82) is 0 Å². The van der Waals surface area contributed by atoms with Crippen LogP contribution in [0, 0.1) is 0 Å². The van der Waals surface area contributed by atoms with Gasteiger partial charge in [0.2, 0.25) is 5.95 Å². The zero-order valence-corrected chi connectivity index (χ0v) is 16.0. The summed E-state index contributed by atoms with van der Waals surface area (Å²) in [6.45, 7) is 4.87. The second kappa shape index (κ2) is 9.27. The van der Waals surface area contributed by atoms with Crippen LogP contribution in [0.2, 0.25) is 0 Å². The van der Waals surface area contributed by atoms with Gasteiger partial charge in [-0.1, -0.05) is 6.07 Å². The number of hydrogen-bond donors (Lipinski definition) is 1. The lowest BCUT2D eigenvalue weighted by atomic mass is 10.3. The summed E-state index contributed by atoms with van der Waals surface area (Å²) >= 11 is 0. The molecule has 0 atom stereocenters. The first-order valence-electron chi connectivity index (χ1n) is 9.30. The highest BCUT2D eigenvalue weighted by atomic mass is 16.1. The molecule has 0 aromatic carbocycles. The van der Waals surface area contributed by atoms with E-state index in [9.17, 15) is 4.79 Å². The molecule has 0 spiro atoms. The number of pyridine rings is 1. The van der Waals surface area contributed by atoms with Crippen LogP contribution in [-0.4, -0.2) is 79.1 Å². The van der Waals surface area contributed by atoms with Crippen LogP contribution in [0.1, 0.15) is 16.9 Å². The molecule has 8 heteroatoms. The van der Waals surface area contributed by atoms with Crippen molar-refractivity contribution in [2.75, 3.05) is 63.2 Å². The third-order valence-electron chi connectivity index (χ3n) is 4.48. The van der Waals surface area contributed by atoms with E-state index in [1.54, 1.807) is 12.3 Å². The monoisotopic (exact) mass is 369 g/mol. The van der Waals surface area contributed by atoms with Crippen molar-refractivity contribution >= 4 is 17.7 Å². The minimum Gasteiger partial charge on any atom is -0.353 e. The van der Waals surface area contributed by atoms with Crippen molar-refractivity contribution in [2.45, 2.75) is 6.42 Å². The first kappa shape index (κ1) is 19.0. The highest BCUT2D eigenvalue weighted by Gasteiger charge is 2.20. The first-order valence-corrected chi connectivity index (χ1v) is 9.30. The molecule has 1 N–H and O–H groups in total. The van der Waals surface area contributed by atoms with Gasteiger partial charge in [-0.05, 0) is 45.3 Å². The van der Waals surface area contributed by atoms with E-state index >= 15 is 0 Å².